The summed E-state index contributed by atoms with van der Waals surface area (Å²) in [7, 11) is 1.10. The van der Waals surface area contributed by atoms with Gasteiger partial charge in [0.05, 0.1) is 25.0 Å². The third-order valence-electron chi connectivity index (χ3n) is 3.86. The van der Waals surface area contributed by atoms with Gasteiger partial charge in [-0.05, 0) is 12.1 Å². The predicted molar refractivity (Wildman–Crippen MR) is 84.7 cm³/mol. The Morgan fingerprint density at radius 3 is 2.78 bits per heavy atom. The van der Waals surface area contributed by atoms with Crippen LogP contribution in [0, 0.1) is 5.92 Å². The topological polar surface area (TPSA) is 97.7 Å². The van der Waals surface area contributed by atoms with Gasteiger partial charge in [0, 0.05) is 33.3 Å². The Kier molecular flexibility index (Phi) is 5.23. The number of nitrogens with one attached hydrogen (secondary N) is 1. The van der Waals surface area contributed by atoms with Crippen molar-refractivity contribution in [1.29, 1.82) is 0 Å². The van der Waals surface area contributed by atoms with Gasteiger partial charge in [-0.2, -0.15) is 0 Å². The van der Waals surface area contributed by atoms with Crippen LogP contribution in [-0.4, -0.2) is 62.3 Å². The second-order valence-electron chi connectivity index (χ2n) is 5.78. The smallest absolute Gasteiger partial charge is 0.263 e. The van der Waals surface area contributed by atoms with Gasteiger partial charge < -0.3 is 14.6 Å². The molecule has 8 nitrogen and oxygen atoms in total. The Bertz CT molecular complexity index is 741. The van der Waals surface area contributed by atoms with E-state index in [2.05, 4.69) is 5.32 Å². The molecule has 0 spiro atoms. The van der Waals surface area contributed by atoms with Gasteiger partial charge in [-0.25, -0.2) is 12.7 Å². The number of pyridine rings is 1. The van der Waals surface area contributed by atoms with Crippen LogP contribution < -0.4 is 10.9 Å². The number of aryl methyl sites for hydroxylation is 1. The van der Waals surface area contributed by atoms with Crippen LogP contribution in [0.15, 0.2) is 23.1 Å². The van der Waals surface area contributed by atoms with Crippen LogP contribution >= 0.6 is 0 Å². The Balaban J connectivity index is 2.11. The van der Waals surface area contributed by atoms with E-state index >= 15 is 0 Å². The van der Waals surface area contributed by atoms with Gasteiger partial charge in [0.1, 0.15) is 5.56 Å². The third-order valence-corrected chi connectivity index (χ3v) is 5.83. The van der Waals surface area contributed by atoms with Crippen molar-refractivity contribution in [2.45, 2.75) is 6.04 Å². The first-order chi connectivity index (χ1) is 10.7. The zero-order chi connectivity index (χ0) is 17.2. The number of aromatic nitrogens is 1. The second-order valence-corrected chi connectivity index (χ2v) is 8.00. The van der Waals surface area contributed by atoms with Gasteiger partial charge >= 0.3 is 0 Å². The molecular weight excluding hydrogens is 322 g/mol. The molecule has 0 radical (unpaired) electrons. The summed E-state index contributed by atoms with van der Waals surface area (Å²) in [4.78, 5) is 24.2. The number of hydrogen-bond donors (Lipinski definition) is 1. The molecule has 1 aromatic heterocycles. The number of sulfonamides is 1. The van der Waals surface area contributed by atoms with Crippen LogP contribution in [0.4, 0.5) is 0 Å². The molecule has 1 amide bonds. The fourth-order valence-electron chi connectivity index (χ4n) is 2.36. The second kappa shape index (κ2) is 6.81. The molecule has 0 unspecified atom stereocenters. The quantitative estimate of drug-likeness (QED) is 0.741. The number of nitrogens with zero attached hydrogens (tertiary/aromatic N) is 2. The maximum atomic E-state index is 12.3. The van der Waals surface area contributed by atoms with Crippen molar-refractivity contribution in [3.8, 4) is 0 Å². The highest BCUT2D eigenvalue weighted by Gasteiger charge is 2.34. The van der Waals surface area contributed by atoms with Gasteiger partial charge in [-0.3, -0.25) is 9.59 Å². The Morgan fingerprint density at radius 2 is 2.13 bits per heavy atom. The van der Waals surface area contributed by atoms with Crippen LogP contribution in [0.2, 0.25) is 0 Å². The molecule has 1 aromatic rings. The SMILES string of the molecule is CN(C)S(=O)(=O)C[C@@H]1COC[C@H]1NC(=O)c1cccn(C)c1=O. The monoisotopic (exact) mass is 343 g/mol. The Hall–Kier alpha value is -1.71. The molecule has 2 heterocycles. The highest BCUT2D eigenvalue weighted by Crippen LogP contribution is 2.17. The number of carbonyl (C=O) groups excluding carboxylic acids is 1. The first-order valence-electron chi connectivity index (χ1n) is 7.17. The molecule has 1 saturated heterocycles. The van der Waals surface area contributed by atoms with Gasteiger partial charge in [0.15, 0.2) is 0 Å². The zero-order valence-electron chi connectivity index (χ0n) is 13.4. The van der Waals surface area contributed by atoms with Gasteiger partial charge in [0.25, 0.3) is 11.5 Å². The highest BCUT2D eigenvalue weighted by molar-refractivity contribution is 7.89. The Labute approximate surface area is 135 Å². The number of rotatable bonds is 5. The van der Waals surface area contributed by atoms with Crippen LogP contribution in [0.3, 0.4) is 0 Å². The van der Waals surface area contributed by atoms with E-state index in [-0.39, 0.29) is 30.4 Å². The number of hydrogen-bond acceptors (Lipinski definition) is 5. The minimum atomic E-state index is -3.39. The lowest BCUT2D eigenvalue weighted by Gasteiger charge is -2.21. The molecule has 1 aliphatic rings. The summed E-state index contributed by atoms with van der Waals surface area (Å²) in [5.74, 6) is -0.981. The summed E-state index contributed by atoms with van der Waals surface area (Å²) in [6.45, 7) is 0.483. The molecule has 23 heavy (non-hydrogen) atoms. The van der Waals surface area contributed by atoms with Crippen molar-refractivity contribution in [2.24, 2.45) is 13.0 Å². The van der Waals surface area contributed by atoms with E-state index in [0.717, 1.165) is 4.31 Å². The average Bonchev–Trinajstić information content (AvgIpc) is 2.88. The van der Waals surface area contributed by atoms with Gasteiger partial charge in [0.2, 0.25) is 10.0 Å². The first-order valence-corrected chi connectivity index (χ1v) is 8.77. The van der Waals surface area contributed by atoms with Gasteiger partial charge in [-0.1, -0.05) is 0 Å². The minimum absolute atomic E-state index is 0.0242. The summed E-state index contributed by atoms with van der Waals surface area (Å²) in [6.07, 6.45) is 1.56. The minimum Gasteiger partial charge on any atom is -0.379 e. The van der Waals surface area contributed by atoms with E-state index in [1.807, 2.05) is 0 Å². The van der Waals surface area contributed by atoms with Crippen LogP contribution in [0.25, 0.3) is 0 Å². The lowest BCUT2D eigenvalue weighted by Crippen LogP contribution is -2.45. The van der Waals surface area contributed by atoms with E-state index in [1.165, 1.54) is 24.7 Å². The summed E-state index contributed by atoms with van der Waals surface area (Å²) in [6, 6.07) is 2.61. The van der Waals surface area contributed by atoms with Crippen LogP contribution in [-0.2, 0) is 21.8 Å². The summed E-state index contributed by atoms with van der Waals surface area (Å²) in [5.41, 5.74) is -0.377. The molecule has 2 atom stereocenters. The largest absolute Gasteiger partial charge is 0.379 e. The maximum Gasteiger partial charge on any atom is 0.263 e. The zero-order valence-corrected chi connectivity index (χ0v) is 14.2. The van der Waals surface area contributed by atoms with E-state index < -0.39 is 27.5 Å². The molecule has 1 N–H and O–H groups in total. The number of ether oxygens (including phenoxy) is 1. The molecule has 128 valence electrons. The number of amides is 1. The molecule has 0 aliphatic carbocycles. The summed E-state index contributed by atoms with van der Waals surface area (Å²) in [5, 5.41) is 2.71. The molecule has 1 fully saturated rings. The molecule has 0 saturated carbocycles. The van der Waals surface area contributed by atoms with Crippen LogP contribution in [0.5, 0.6) is 0 Å². The van der Waals surface area contributed by atoms with Crippen molar-refractivity contribution in [1.82, 2.24) is 14.2 Å². The van der Waals surface area contributed by atoms with E-state index in [4.69, 9.17) is 4.74 Å². The molecule has 9 heteroatoms. The first kappa shape index (κ1) is 17.6. The molecule has 0 bridgehead atoms. The molecule has 0 aromatic carbocycles. The predicted octanol–water partition coefficient (Wildman–Crippen LogP) is -0.978. The van der Waals surface area contributed by atoms with E-state index in [1.54, 1.807) is 19.3 Å². The summed E-state index contributed by atoms with van der Waals surface area (Å²) >= 11 is 0. The normalized spacial score (nSPS) is 21.6. The lowest BCUT2D eigenvalue weighted by molar-refractivity contribution is 0.0924. The molecular formula is C14H21N3O5S. The Morgan fingerprint density at radius 1 is 1.43 bits per heavy atom. The summed E-state index contributed by atoms with van der Waals surface area (Å²) < 4.78 is 31.7. The van der Waals surface area contributed by atoms with E-state index in [9.17, 15) is 18.0 Å². The van der Waals surface area contributed by atoms with Crippen molar-refractivity contribution in [3.05, 3.63) is 34.2 Å². The van der Waals surface area contributed by atoms with Gasteiger partial charge in [-0.15, -0.1) is 0 Å². The molecule has 2 rings (SSSR count). The maximum absolute atomic E-state index is 12.3. The fraction of sp³-hybridized carbons (Fsp3) is 0.571. The molecule has 1 aliphatic heterocycles. The average molecular weight is 343 g/mol. The van der Waals surface area contributed by atoms with Crippen molar-refractivity contribution in [2.75, 3.05) is 33.1 Å². The lowest BCUT2D eigenvalue weighted by atomic mass is 10.1. The van der Waals surface area contributed by atoms with Crippen molar-refractivity contribution >= 4 is 15.9 Å². The highest BCUT2D eigenvalue weighted by atomic mass is 32.2. The van der Waals surface area contributed by atoms with Crippen molar-refractivity contribution in [3.63, 3.8) is 0 Å². The number of carbonyl (C=O) groups is 1. The standard InChI is InChI=1S/C14H21N3O5S/c1-16(2)23(20,21)9-10-7-22-8-12(10)15-13(18)11-5-4-6-17(3)14(11)19/h4-6,10,12H,7-9H2,1-3H3,(H,15,18)/t10-,12+/m0/s1. The van der Waals surface area contributed by atoms with Crippen molar-refractivity contribution < 1.29 is 17.9 Å². The van der Waals surface area contributed by atoms with E-state index in [0.29, 0.717) is 0 Å². The third kappa shape index (κ3) is 3.98. The van der Waals surface area contributed by atoms with Crippen LogP contribution in [0.1, 0.15) is 10.4 Å². The fourth-order valence-corrected chi connectivity index (χ4v) is 3.53.